The molecule has 0 radical (unpaired) electrons. The highest BCUT2D eigenvalue weighted by Crippen LogP contribution is 2.27. The topological polar surface area (TPSA) is 83.4 Å². The van der Waals surface area contributed by atoms with Gasteiger partial charge in [-0.05, 0) is 37.5 Å². The molecule has 1 aromatic heterocycles. The number of nitrogens with zero attached hydrogens (tertiary/aromatic N) is 3. The molecule has 0 saturated carbocycles. The Bertz CT molecular complexity index is 741. The van der Waals surface area contributed by atoms with E-state index >= 15 is 0 Å². The Balaban J connectivity index is 1.72. The Morgan fingerprint density at radius 1 is 1.17 bits per heavy atom. The minimum Gasteiger partial charge on any atom is -0.478 e. The number of carboxylic acids is 1. The molecule has 1 aliphatic heterocycles. The number of benzene rings is 1. The van der Waals surface area contributed by atoms with Gasteiger partial charge < -0.3 is 10.0 Å². The number of carboxylic acid groups (broad SMARTS) is 1. The minimum atomic E-state index is -0.931. The van der Waals surface area contributed by atoms with Crippen molar-refractivity contribution in [3.63, 3.8) is 0 Å². The fourth-order valence-electron chi connectivity index (χ4n) is 3.00. The van der Waals surface area contributed by atoms with Gasteiger partial charge in [-0.15, -0.1) is 0 Å². The zero-order chi connectivity index (χ0) is 17.1. The number of aryl methyl sites for hydroxylation is 1. The van der Waals surface area contributed by atoms with Gasteiger partial charge in [0, 0.05) is 25.2 Å². The lowest BCUT2D eigenvalue weighted by Gasteiger charge is -2.32. The summed E-state index contributed by atoms with van der Waals surface area (Å²) in [6.45, 7) is 3.15. The predicted octanol–water partition coefficient (Wildman–Crippen LogP) is 2.50. The first kappa shape index (κ1) is 16.1. The Morgan fingerprint density at radius 3 is 2.54 bits per heavy atom. The number of amides is 1. The summed E-state index contributed by atoms with van der Waals surface area (Å²) in [4.78, 5) is 33.6. The van der Waals surface area contributed by atoms with Crippen LogP contribution < -0.4 is 0 Å². The average molecular weight is 325 g/mol. The summed E-state index contributed by atoms with van der Waals surface area (Å²) in [6, 6.07) is 6.91. The van der Waals surface area contributed by atoms with E-state index in [1.807, 2.05) is 19.1 Å². The number of aromatic carboxylic acids is 1. The second-order valence-electron chi connectivity index (χ2n) is 6.06. The van der Waals surface area contributed by atoms with Crippen molar-refractivity contribution in [1.29, 1.82) is 0 Å². The minimum absolute atomic E-state index is 0.102. The van der Waals surface area contributed by atoms with E-state index in [-0.39, 0.29) is 17.4 Å². The first-order valence-electron chi connectivity index (χ1n) is 7.96. The first-order chi connectivity index (χ1) is 11.5. The molecule has 0 spiro atoms. The summed E-state index contributed by atoms with van der Waals surface area (Å²) in [7, 11) is 0. The van der Waals surface area contributed by atoms with Gasteiger partial charge in [0.05, 0.1) is 17.5 Å². The summed E-state index contributed by atoms with van der Waals surface area (Å²) in [5, 5.41) is 8.98. The van der Waals surface area contributed by atoms with E-state index in [0.29, 0.717) is 18.8 Å². The lowest BCUT2D eigenvalue weighted by molar-refractivity contribution is 0.0692. The molecule has 0 bridgehead atoms. The van der Waals surface area contributed by atoms with E-state index < -0.39 is 5.97 Å². The van der Waals surface area contributed by atoms with Crippen molar-refractivity contribution in [3.05, 3.63) is 59.2 Å². The van der Waals surface area contributed by atoms with Crippen molar-refractivity contribution in [2.75, 3.05) is 13.1 Å². The van der Waals surface area contributed by atoms with Crippen molar-refractivity contribution in [2.45, 2.75) is 25.7 Å². The number of carbonyl (C=O) groups is 2. The SMILES string of the molecule is Cc1cnc(C(=O)N2CCCC(c3ccc(C(=O)O)cc3)C2)cn1. The van der Waals surface area contributed by atoms with Crippen LogP contribution in [0.25, 0.3) is 0 Å². The van der Waals surface area contributed by atoms with Gasteiger partial charge in [0.15, 0.2) is 0 Å². The lowest BCUT2D eigenvalue weighted by atomic mass is 9.90. The first-order valence-corrected chi connectivity index (χ1v) is 7.96. The largest absolute Gasteiger partial charge is 0.478 e. The number of piperidine rings is 1. The van der Waals surface area contributed by atoms with Crippen molar-refractivity contribution < 1.29 is 14.7 Å². The molecule has 3 rings (SSSR count). The van der Waals surface area contributed by atoms with Crippen LogP contribution in [0.1, 0.15) is 50.9 Å². The Hall–Kier alpha value is -2.76. The molecular weight excluding hydrogens is 306 g/mol. The number of hydrogen-bond donors (Lipinski definition) is 1. The fourth-order valence-corrected chi connectivity index (χ4v) is 3.00. The molecular formula is C18H19N3O3. The molecule has 1 aromatic carbocycles. The molecule has 1 atom stereocenters. The van der Waals surface area contributed by atoms with Gasteiger partial charge in [0.2, 0.25) is 0 Å². The fraction of sp³-hybridized carbons (Fsp3) is 0.333. The summed E-state index contributed by atoms with van der Waals surface area (Å²) in [5.41, 5.74) is 2.48. The maximum absolute atomic E-state index is 12.6. The van der Waals surface area contributed by atoms with E-state index in [1.54, 1.807) is 23.2 Å². The summed E-state index contributed by atoms with van der Waals surface area (Å²) in [6.07, 6.45) is 5.01. The van der Waals surface area contributed by atoms with Crippen LogP contribution in [0.4, 0.5) is 0 Å². The molecule has 1 saturated heterocycles. The molecule has 2 heterocycles. The van der Waals surface area contributed by atoms with Crippen LogP contribution in [0, 0.1) is 6.92 Å². The average Bonchev–Trinajstić information content (AvgIpc) is 2.62. The van der Waals surface area contributed by atoms with Crippen molar-refractivity contribution in [3.8, 4) is 0 Å². The highest BCUT2D eigenvalue weighted by atomic mass is 16.4. The van der Waals surface area contributed by atoms with Crippen LogP contribution in [-0.2, 0) is 0 Å². The van der Waals surface area contributed by atoms with Gasteiger partial charge in [-0.25, -0.2) is 9.78 Å². The Labute approximate surface area is 140 Å². The maximum Gasteiger partial charge on any atom is 0.335 e. The number of likely N-dealkylation sites (tertiary alicyclic amines) is 1. The van der Waals surface area contributed by atoms with Crippen LogP contribution in [0.5, 0.6) is 0 Å². The number of aromatic nitrogens is 2. The molecule has 1 aliphatic rings. The lowest BCUT2D eigenvalue weighted by Crippen LogP contribution is -2.39. The third kappa shape index (κ3) is 3.42. The quantitative estimate of drug-likeness (QED) is 0.937. The molecule has 1 unspecified atom stereocenters. The van der Waals surface area contributed by atoms with Gasteiger partial charge in [-0.1, -0.05) is 12.1 Å². The smallest absolute Gasteiger partial charge is 0.335 e. The molecule has 124 valence electrons. The van der Waals surface area contributed by atoms with Crippen LogP contribution in [0.2, 0.25) is 0 Å². The number of hydrogen-bond acceptors (Lipinski definition) is 4. The van der Waals surface area contributed by atoms with Crippen molar-refractivity contribution in [2.24, 2.45) is 0 Å². The molecule has 0 aliphatic carbocycles. The summed E-state index contributed by atoms with van der Waals surface area (Å²) in [5.74, 6) is -0.821. The standard InChI is InChI=1S/C18H19N3O3/c1-12-9-20-16(10-19-12)17(22)21-8-2-3-15(11-21)13-4-6-14(7-5-13)18(23)24/h4-7,9-10,15H,2-3,8,11H2,1H3,(H,23,24). The van der Waals surface area contributed by atoms with Crippen molar-refractivity contribution in [1.82, 2.24) is 14.9 Å². The summed E-state index contributed by atoms with van der Waals surface area (Å²) >= 11 is 0. The monoisotopic (exact) mass is 325 g/mol. The highest BCUT2D eigenvalue weighted by molar-refractivity contribution is 5.92. The van der Waals surface area contributed by atoms with Gasteiger partial charge >= 0.3 is 5.97 Å². The molecule has 1 amide bonds. The zero-order valence-corrected chi connectivity index (χ0v) is 13.5. The molecule has 6 nitrogen and oxygen atoms in total. The van der Waals surface area contributed by atoms with Crippen molar-refractivity contribution >= 4 is 11.9 Å². The second kappa shape index (κ2) is 6.78. The van der Waals surface area contributed by atoms with Crippen LogP contribution in [0.15, 0.2) is 36.7 Å². The van der Waals surface area contributed by atoms with E-state index in [2.05, 4.69) is 9.97 Å². The van der Waals surface area contributed by atoms with Gasteiger partial charge in [0.1, 0.15) is 5.69 Å². The number of rotatable bonds is 3. The van der Waals surface area contributed by atoms with Crippen LogP contribution >= 0.6 is 0 Å². The third-order valence-electron chi connectivity index (χ3n) is 4.34. The third-order valence-corrected chi connectivity index (χ3v) is 4.34. The van der Waals surface area contributed by atoms with Gasteiger partial charge in [-0.2, -0.15) is 0 Å². The Kier molecular flexibility index (Phi) is 4.55. The predicted molar refractivity (Wildman–Crippen MR) is 88.0 cm³/mol. The highest BCUT2D eigenvalue weighted by Gasteiger charge is 2.26. The second-order valence-corrected chi connectivity index (χ2v) is 6.06. The molecule has 1 N–H and O–H groups in total. The summed E-state index contributed by atoms with van der Waals surface area (Å²) < 4.78 is 0. The number of carbonyl (C=O) groups excluding carboxylic acids is 1. The molecule has 1 fully saturated rings. The van der Waals surface area contributed by atoms with Crippen LogP contribution in [-0.4, -0.2) is 44.9 Å². The molecule has 24 heavy (non-hydrogen) atoms. The van der Waals surface area contributed by atoms with E-state index in [1.165, 1.54) is 6.20 Å². The van der Waals surface area contributed by atoms with Crippen LogP contribution in [0.3, 0.4) is 0 Å². The van der Waals surface area contributed by atoms with E-state index in [9.17, 15) is 9.59 Å². The molecule has 2 aromatic rings. The Morgan fingerprint density at radius 2 is 1.92 bits per heavy atom. The van der Waals surface area contributed by atoms with Gasteiger partial charge in [-0.3, -0.25) is 9.78 Å². The zero-order valence-electron chi connectivity index (χ0n) is 13.5. The normalized spacial score (nSPS) is 17.5. The molecule has 6 heteroatoms. The van der Waals surface area contributed by atoms with E-state index in [0.717, 1.165) is 24.1 Å². The van der Waals surface area contributed by atoms with E-state index in [4.69, 9.17) is 5.11 Å². The van der Waals surface area contributed by atoms with Gasteiger partial charge in [0.25, 0.3) is 5.91 Å². The maximum atomic E-state index is 12.6.